The van der Waals surface area contributed by atoms with Gasteiger partial charge in [0.2, 0.25) is 0 Å². The van der Waals surface area contributed by atoms with Crippen LogP contribution in [0.1, 0.15) is 25.3 Å². The minimum Gasteiger partial charge on any atom is -0.409 e. The van der Waals surface area contributed by atoms with Gasteiger partial charge in [-0.15, -0.1) is 0 Å². The lowest BCUT2D eigenvalue weighted by atomic mass is 10.1. The van der Waals surface area contributed by atoms with E-state index in [0.29, 0.717) is 11.6 Å². The van der Waals surface area contributed by atoms with Gasteiger partial charge in [-0.25, -0.2) is 4.39 Å². The fraction of sp³-hybridized carbons (Fsp3) is 0.462. The molecule has 18 heavy (non-hydrogen) atoms. The molecule has 0 amide bonds. The van der Waals surface area contributed by atoms with Crippen LogP contribution in [0, 0.1) is 11.7 Å². The lowest BCUT2D eigenvalue weighted by Gasteiger charge is -2.25. The first kappa shape index (κ1) is 12.7. The number of rotatable bonds is 5. The van der Waals surface area contributed by atoms with E-state index >= 15 is 0 Å². The van der Waals surface area contributed by atoms with E-state index in [1.165, 1.54) is 18.9 Å². The minimum absolute atomic E-state index is 0.183. The van der Waals surface area contributed by atoms with Crippen molar-refractivity contribution in [2.75, 3.05) is 18.0 Å². The van der Waals surface area contributed by atoms with E-state index in [2.05, 4.69) is 10.1 Å². The highest BCUT2D eigenvalue weighted by Gasteiger charge is 2.26. The lowest BCUT2D eigenvalue weighted by molar-refractivity contribution is 0.318. The van der Waals surface area contributed by atoms with E-state index in [1.54, 1.807) is 6.07 Å². The van der Waals surface area contributed by atoms with Crippen LogP contribution in [0.3, 0.4) is 0 Å². The van der Waals surface area contributed by atoms with E-state index in [1.807, 2.05) is 13.0 Å². The number of hydrogen-bond acceptors (Lipinski definition) is 3. The molecule has 0 aliphatic heterocycles. The Morgan fingerprint density at radius 1 is 1.56 bits per heavy atom. The number of nitrogens with zero attached hydrogens (tertiary/aromatic N) is 2. The SMILES string of the molecule is CCN(CC1CC1)c1cccc(F)c1C(N)=NO. The average Bonchev–Trinajstić information content (AvgIpc) is 3.18. The first-order valence-corrected chi connectivity index (χ1v) is 6.18. The third kappa shape index (κ3) is 2.55. The third-order valence-electron chi connectivity index (χ3n) is 3.25. The van der Waals surface area contributed by atoms with Crippen LogP contribution >= 0.6 is 0 Å². The first-order chi connectivity index (χ1) is 8.67. The van der Waals surface area contributed by atoms with Gasteiger partial charge in [-0.3, -0.25) is 0 Å². The van der Waals surface area contributed by atoms with Gasteiger partial charge < -0.3 is 15.8 Å². The van der Waals surface area contributed by atoms with Gasteiger partial charge in [-0.05, 0) is 37.8 Å². The minimum atomic E-state index is -0.461. The molecule has 1 saturated carbocycles. The quantitative estimate of drug-likeness (QED) is 0.365. The summed E-state index contributed by atoms with van der Waals surface area (Å²) in [5, 5.41) is 11.7. The van der Waals surface area contributed by atoms with Gasteiger partial charge >= 0.3 is 0 Å². The molecule has 0 saturated heterocycles. The zero-order valence-corrected chi connectivity index (χ0v) is 10.4. The molecule has 1 aliphatic carbocycles. The summed E-state index contributed by atoms with van der Waals surface area (Å²) in [5.41, 5.74) is 6.45. The van der Waals surface area contributed by atoms with Crippen molar-refractivity contribution in [2.45, 2.75) is 19.8 Å². The summed E-state index contributed by atoms with van der Waals surface area (Å²) >= 11 is 0. The largest absolute Gasteiger partial charge is 0.409 e. The Balaban J connectivity index is 2.37. The van der Waals surface area contributed by atoms with Crippen molar-refractivity contribution in [3.05, 3.63) is 29.6 Å². The Labute approximate surface area is 106 Å². The lowest BCUT2D eigenvalue weighted by Crippen LogP contribution is -2.29. The second kappa shape index (κ2) is 5.25. The molecular formula is C13H18FN3O. The first-order valence-electron chi connectivity index (χ1n) is 6.18. The fourth-order valence-corrected chi connectivity index (χ4v) is 2.09. The number of anilines is 1. The average molecular weight is 251 g/mol. The number of nitrogens with two attached hydrogens (primary N) is 1. The molecule has 1 aromatic rings. The highest BCUT2D eigenvalue weighted by Crippen LogP contribution is 2.32. The molecule has 0 aromatic heterocycles. The summed E-state index contributed by atoms with van der Waals surface area (Å²) in [4.78, 5) is 2.08. The maximum Gasteiger partial charge on any atom is 0.175 e. The van der Waals surface area contributed by atoms with Crippen LogP contribution in [-0.4, -0.2) is 24.1 Å². The van der Waals surface area contributed by atoms with E-state index in [0.717, 1.165) is 13.1 Å². The van der Waals surface area contributed by atoms with Gasteiger partial charge in [-0.1, -0.05) is 11.2 Å². The highest BCUT2D eigenvalue weighted by atomic mass is 19.1. The van der Waals surface area contributed by atoms with Crippen molar-refractivity contribution in [3.63, 3.8) is 0 Å². The molecule has 1 fully saturated rings. The molecule has 4 nitrogen and oxygen atoms in total. The van der Waals surface area contributed by atoms with Gasteiger partial charge in [0.25, 0.3) is 0 Å². The Morgan fingerprint density at radius 2 is 2.28 bits per heavy atom. The Morgan fingerprint density at radius 3 is 2.83 bits per heavy atom. The maximum absolute atomic E-state index is 13.8. The highest BCUT2D eigenvalue weighted by molar-refractivity contribution is 6.02. The normalized spacial score (nSPS) is 15.8. The summed E-state index contributed by atoms with van der Waals surface area (Å²) in [5.74, 6) is 0.0442. The molecule has 0 radical (unpaired) electrons. The van der Waals surface area contributed by atoms with Gasteiger partial charge in [0, 0.05) is 13.1 Å². The van der Waals surface area contributed by atoms with Gasteiger partial charge in [0.15, 0.2) is 5.84 Å². The predicted octanol–water partition coefficient (Wildman–Crippen LogP) is 2.16. The van der Waals surface area contributed by atoms with E-state index in [9.17, 15) is 4.39 Å². The molecule has 3 N–H and O–H groups in total. The topological polar surface area (TPSA) is 61.8 Å². The Hall–Kier alpha value is -1.78. The summed E-state index contributed by atoms with van der Waals surface area (Å²) in [6.07, 6.45) is 2.45. The fourth-order valence-electron chi connectivity index (χ4n) is 2.09. The number of amidine groups is 1. The molecule has 5 heteroatoms. The smallest absolute Gasteiger partial charge is 0.175 e. The second-order valence-electron chi connectivity index (χ2n) is 4.60. The van der Waals surface area contributed by atoms with Crippen LogP contribution in [0.25, 0.3) is 0 Å². The summed E-state index contributed by atoms with van der Waals surface area (Å²) in [6, 6.07) is 4.78. The Kier molecular flexibility index (Phi) is 3.69. The molecule has 1 aromatic carbocycles. The molecule has 0 heterocycles. The second-order valence-corrected chi connectivity index (χ2v) is 4.60. The number of oxime groups is 1. The van der Waals surface area contributed by atoms with Crippen molar-refractivity contribution in [1.82, 2.24) is 0 Å². The van der Waals surface area contributed by atoms with Crippen molar-refractivity contribution in [2.24, 2.45) is 16.8 Å². The van der Waals surface area contributed by atoms with Crippen LogP contribution in [0.5, 0.6) is 0 Å². The van der Waals surface area contributed by atoms with E-state index in [-0.39, 0.29) is 11.4 Å². The van der Waals surface area contributed by atoms with Crippen LogP contribution in [0.2, 0.25) is 0 Å². The van der Waals surface area contributed by atoms with Gasteiger partial charge in [0.05, 0.1) is 11.3 Å². The van der Waals surface area contributed by atoms with Crippen LogP contribution in [0.15, 0.2) is 23.4 Å². The van der Waals surface area contributed by atoms with E-state index < -0.39 is 5.82 Å². The van der Waals surface area contributed by atoms with Crippen LogP contribution in [-0.2, 0) is 0 Å². The molecule has 2 rings (SSSR count). The zero-order valence-electron chi connectivity index (χ0n) is 10.4. The molecule has 0 unspecified atom stereocenters. The van der Waals surface area contributed by atoms with Gasteiger partial charge in [0.1, 0.15) is 5.82 Å². The van der Waals surface area contributed by atoms with Crippen molar-refractivity contribution in [1.29, 1.82) is 0 Å². The number of halogens is 1. The molecule has 0 bridgehead atoms. The zero-order chi connectivity index (χ0) is 13.1. The molecule has 1 aliphatic rings. The standard InChI is InChI=1S/C13H18FN3O/c1-2-17(8-9-6-7-9)11-5-3-4-10(14)12(11)13(15)16-18/h3-5,9,18H,2,6-8H2,1H3,(H2,15,16). The molecule has 98 valence electrons. The monoisotopic (exact) mass is 251 g/mol. The number of hydrogen-bond donors (Lipinski definition) is 2. The maximum atomic E-state index is 13.8. The molecular weight excluding hydrogens is 233 g/mol. The van der Waals surface area contributed by atoms with E-state index in [4.69, 9.17) is 10.9 Å². The summed E-state index contributed by atoms with van der Waals surface area (Å²) < 4.78 is 13.8. The Bertz CT molecular complexity index is 458. The van der Waals surface area contributed by atoms with Crippen LogP contribution in [0.4, 0.5) is 10.1 Å². The van der Waals surface area contributed by atoms with Crippen molar-refractivity contribution >= 4 is 11.5 Å². The molecule has 0 spiro atoms. The summed E-state index contributed by atoms with van der Waals surface area (Å²) in [6.45, 7) is 3.68. The predicted molar refractivity (Wildman–Crippen MR) is 69.5 cm³/mol. The number of benzene rings is 1. The third-order valence-corrected chi connectivity index (χ3v) is 3.25. The van der Waals surface area contributed by atoms with Crippen molar-refractivity contribution in [3.8, 4) is 0 Å². The van der Waals surface area contributed by atoms with Crippen LogP contribution < -0.4 is 10.6 Å². The molecule has 0 atom stereocenters. The van der Waals surface area contributed by atoms with Crippen molar-refractivity contribution < 1.29 is 9.60 Å². The summed E-state index contributed by atoms with van der Waals surface area (Å²) in [7, 11) is 0. The van der Waals surface area contributed by atoms with Gasteiger partial charge in [-0.2, -0.15) is 0 Å².